The highest BCUT2D eigenvalue weighted by Crippen LogP contribution is 2.22. The Bertz CT molecular complexity index is 973. The number of likely N-dealkylation sites (N-methyl/N-ethyl adjacent to an activating group) is 1. The maximum atomic E-state index is 12.3. The molecule has 2 aromatic carbocycles. The van der Waals surface area contributed by atoms with Crippen LogP contribution in [0.25, 0.3) is 6.08 Å². The Morgan fingerprint density at radius 1 is 1.21 bits per heavy atom. The van der Waals surface area contributed by atoms with Crippen LogP contribution in [0.5, 0.6) is 0 Å². The number of carbonyl (C=O) groups excluding carboxylic acids is 1. The van der Waals surface area contributed by atoms with Crippen LogP contribution in [-0.2, 0) is 19.6 Å². The van der Waals surface area contributed by atoms with Gasteiger partial charge in [0.2, 0.25) is 10.0 Å². The molecule has 0 spiro atoms. The lowest BCUT2D eigenvalue weighted by molar-refractivity contribution is -0.385. The summed E-state index contributed by atoms with van der Waals surface area (Å²) in [5, 5.41) is 11.8. The summed E-state index contributed by atoms with van der Waals surface area (Å²) in [6.07, 6.45) is 0.673. The Morgan fingerprint density at radius 2 is 1.89 bits per heavy atom. The number of sulfonamides is 1. The van der Waals surface area contributed by atoms with E-state index in [2.05, 4.69) is 0 Å². The van der Waals surface area contributed by atoms with Crippen LogP contribution in [0.3, 0.4) is 0 Å². The van der Waals surface area contributed by atoms with E-state index >= 15 is 0 Å². The quantitative estimate of drug-likeness (QED) is 0.380. The molecule has 0 amide bonds. The minimum absolute atomic E-state index is 0.119. The monoisotopic (exact) mass is 404 g/mol. The molecule has 9 heteroatoms. The minimum atomic E-state index is -3.81. The molecule has 2 rings (SSSR count). The van der Waals surface area contributed by atoms with Crippen LogP contribution in [0, 0.1) is 10.1 Å². The molecule has 28 heavy (non-hydrogen) atoms. The lowest BCUT2D eigenvalue weighted by atomic mass is 10.1. The predicted octanol–water partition coefficient (Wildman–Crippen LogP) is 3.13. The van der Waals surface area contributed by atoms with Crippen LogP contribution < -0.4 is 0 Å². The summed E-state index contributed by atoms with van der Waals surface area (Å²) in [7, 11) is -2.54. The first kappa shape index (κ1) is 21.3. The molecular weight excluding hydrogens is 384 g/mol. The number of carbonyl (C=O) groups is 1. The van der Waals surface area contributed by atoms with Crippen molar-refractivity contribution < 1.29 is 22.9 Å². The van der Waals surface area contributed by atoms with Gasteiger partial charge in [-0.05, 0) is 24.1 Å². The molecule has 0 bridgehead atoms. The lowest BCUT2D eigenvalue weighted by Crippen LogP contribution is -2.32. The smallest absolute Gasteiger partial charge is 0.321 e. The van der Waals surface area contributed by atoms with E-state index in [1.165, 1.54) is 31.3 Å². The zero-order valence-electron chi connectivity index (χ0n) is 15.4. The summed E-state index contributed by atoms with van der Waals surface area (Å²) in [4.78, 5) is 22.4. The van der Waals surface area contributed by atoms with Gasteiger partial charge in [-0.3, -0.25) is 14.9 Å². The summed E-state index contributed by atoms with van der Waals surface area (Å²) in [5.74, 6) is -0.766. The van der Waals surface area contributed by atoms with Gasteiger partial charge in [-0.25, -0.2) is 8.42 Å². The van der Waals surface area contributed by atoms with Gasteiger partial charge in [0.25, 0.3) is 5.69 Å². The summed E-state index contributed by atoms with van der Waals surface area (Å²) in [5.41, 5.74) is 1.03. The summed E-state index contributed by atoms with van der Waals surface area (Å²) < 4.78 is 30.6. The standard InChI is InChI=1S/C19H20N2O6S/c1-15(17-9-6-10-18(13-17)21(23)24)27-19(22)14-20(2)28(25,26)12-11-16-7-4-3-5-8-16/h3-13,15H,14H2,1-2H3/b12-11+/t15-/m0/s1. The van der Waals surface area contributed by atoms with E-state index in [1.54, 1.807) is 37.3 Å². The molecule has 0 aliphatic heterocycles. The van der Waals surface area contributed by atoms with Crippen LogP contribution in [0.1, 0.15) is 24.2 Å². The third-order valence-electron chi connectivity index (χ3n) is 3.88. The van der Waals surface area contributed by atoms with E-state index in [1.807, 2.05) is 6.07 Å². The second-order valence-corrected chi connectivity index (χ2v) is 7.92. The SMILES string of the molecule is C[C@H](OC(=O)CN(C)S(=O)(=O)/C=C/c1ccccc1)c1cccc([N+](=O)[O-])c1. The van der Waals surface area contributed by atoms with Crippen molar-refractivity contribution in [1.29, 1.82) is 0 Å². The van der Waals surface area contributed by atoms with Gasteiger partial charge in [0.1, 0.15) is 12.6 Å². The number of ether oxygens (including phenoxy) is 1. The van der Waals surface area contributed by atoms with Crippen molar-refractivity contribution >= 4 is 27.8 Å². The molecule has 0 heterocycles. The largest absolute Gasteiger partial charge is 0.457 e. The van der Waals surface area contributed by atoms with Gasteiger partial charge < -0.3 is 4.74 Å². The Balaban J connectivity index is 1.98. The number of nitro groups is 1. The number of rotatable bonds is 8. The van der Waals surface area contributed by atoms with Crippen molar-refractivity contribution in [3.63, 3.8) is 0 Å². The van der Waals surface area contributed by atoms with Crippen LogP contribution in [-0.4, -0.2) is 37.2 Å². The van der Waals surface area contributed by atoms with Crippen molar-refractivity contribution in [3.8, 4) is 0 Å². The summed E-state index contributed by atoms with van der Waals surface area (Å²) >= 11 is 0. The second kappa shape index (κ2) is 9.25. The molecule has 0 N–H and O–H groups in total. The number of esters is 1. The fourth-order valence-electron chi connectivity index (χ4n) is 2.30. The van der Waals surface area contributed by atoms with Crippen molar-refractivity contribution in [1.82, 2.24) is 4.31 Å². The van der Waals surface area contributed by atoms with Gasteiger partial charge in [0.05, 0.1) is 4.92 Å². The molecule has 0 aromatic heterocycles. The van der Waals surface area contributed by atoms with Gasteiger partial charge in [0, 0.05) is 24.6 Å². The molecule has 148 valence electrons. The number of hydrogen-bond acceptors (Lipinski definition) is 6. The Labute approximate surface area is 163 Å². The zero-order valence-corrected chi connectivity index (χ0v) is 16.2. The van der Waals surface area contributed by atoms with E-state index in [9.17, 15) is 23.3 Å². The van der Waals surface area contributed by atoms with E-state index < -0.39 is 33.6 Å². The highest BCUT2D eigenvalue weighted by Gasteiger charge is 2.21. The first-order valence-corrected chi connectivity index (χ1v) is 9.82. The summed E-state index contributed by atoms with van der Waals surface area (Å²) in [6, 6.07) is 14.6. The van der Waals surface area contributed by atoms with E-state index in [4.69, 9.17) is 4.74 Å². The zero-order chi connectivity index (χ0) is 20.7. The van der Waals surface area contributed by atoms with E-state index in [0.29, 0.717) is 11.1 Å². The minimum Gasteiger partial charge on any atom is -0.457 e. The first-order valence-electron chi connectivity index (χ1n) is 8.32. The average molecular weight is 404 g/mol. The number of benzene rings is 2. The van der Waals surface area contributed by atoms with Crippen molar-refractivity contribution in [3.05, 3.63) is 81.2 Å². The molecule has 0 fully saturated rings. The number of nitro benzene ring substituents is 1. The maximum Gasteiger partial charge on any atom is 0.321 e. The Morgan fingerprint density at radius 3 is 2.54 bits per heavy atom. The van der Waals surface area contributed by atoms with Crippen molar-refractivity contribution in [2.24, 2.45) is 0 Å². The average Bonchev–Trinajstić information content (AvgIpc) is 2.67. The van der Waals surface area contributed by atoms with Gasteiger partial charge in [-0.15, -0.1) is 0 Å². The van der Waals surface area contributed by atoms with Crippen LogP contribution in [0.4, 0.5) is 5.69 Å². The molecule has 0 saturated carbocycles. The van der Waals surface area contributed by atoms with E-state index in [0.717, 1.165) is 9.71 Å². The van der Waals surface area contributed by atoms with Gasteiger partial charge >= 0.3 is 5.97 Å². The molecule has 0 aliphatic carbocycles. The Kier molecular flexibility index (Phi) is 7.02. The topological polar surface area (TPSA) is 107 Å². The lowest BCUT2D eigenvalue weighted by Gasteiger charge is -2.17. The fourth-order valence-corrected chi connectivity index (χ4v) is 3.12. The number of hydrogen-bond donors (Lipinski definition) is 0. The van der Waals surface area contributed by atoms with Gasteiger partial charge in [-0.2, -0.15) is 4.31 Å². The molecule has 1 atom stereocenters. The Hall–Kier alpha value is -3.04. The molecular formula is C19H20N2O6S. The third kappa shape index (κ3) is 6.00. The molecule has 0 unspecified atom stereocenters. The van der Waals surface area contributed by atoms with Crippen LogP contribution in [0.15, 0.2) is 60.0 Å². The van der Waals surface area contributed by atoms with Crippen molar-refractivity contribution in [2.75, 3.05) is 13.6 Å². The van der Waals surface area contributed by atoms with Crippen LogP contribution >= 0.6 is 0 Å². The van der Waals surface area contributed by atoms with E-state index in [-0.39, 0.29) is 5.69 Å². The number of non-ortho nitro benzene ring substituents is 1. The highest BCUT2D eigenvalue weighted by molar-refractivity contribution is 7.92. The van der Waals surface area contributed by atoms with Crippen molar-refractivity contribution in [2.45, 2.75) is 13.0 Å². The normalized spacial score (nSPS) is 12.8. The van der Waals surface area contributed by atoms with Gasteiger partial charge in [-0.1, -0.05) is 42.5 Å². The highest BCUT2D eigenvalue weighted by atomic mass is 32.2. The summed E-state index contributed by atoms with van der Waals surface area (Å²) in [6.45, 7) is 1.07. The predicted molar refractivity (Wildman–Crippen MR) is 105 cm³/mol. The fraction of sp³-hybridized carbons (Fsp3) is 0.211. The first-order chi connectivity index (χ1) is 13.2. The molecule has 0 saturated heterocycles. The number of nitrogens with zero attached hydrogens (tertiary/aromatic N) is 2. The van der Waals surface area contributed by atoms with Gasteiger partial charge in [0.15, 0.2) is 0 Å². The molecule has 0 radical (unpaired) electrons. The second-order valence-electron chi connectivity index (χ2n) is 6.00. The molecule has 0 aliphatic rings. The maximum absolute atomic E-state index is 12.3. The third-order valence-corrected chi connectivity index (χ3v) is 5.35. The van der Waals surface area contributed by atoms with Crippen LogP contribution in [0.2, 0.25) is 0 Å². The molecule has 2 aromatic rings. The molecule has 8 nitrogen and oxygen atoms in total.